The molecule has 0 aliphatic heterocycles. The van der Waals surface area contributed by atoms with Crippen LogP contribution in [0.3, 0.4) is 0 Å². The maximum absolute atomic E-state index is 9.50. The van der Waals surface area contributed by atoms with Crippen molar-refractivity contribution in [3.63, 3.8) is 0 Å². The maximum Gasteiger partial charge on any atom is 0.195 e. The van der Waals surface area contributed by atoms with Gasteiger partial charge in [0.2, 0.25) is 0 Å². The highest BCUT2D eigenvalue weighted by Gasteiger charge is 2.10. The van der Waals surface area contributed by atoms with Crippen LogP contribution in [0.15, 0.2) is 54.7 Å². The lowest BCUT2D eigenvalue weighted by atomic mass is 10.2. The minimum absolute atomic E-state index is 0.292. The van der Waals surface area contributed by atoms with Crippen molar-refractivity contribution in [2.75, 3.05) is 0 Å². The number of aromatic nitrogens is 2. The van der Waals surface area contributed by atoms with Gasteiger partial charge in [0.1, 0.15) is 5.75 Å². The lowest BCUT2D eigenvalue weighted by Crippen LogP contribution is -1.77. The van der Waals surface area contributed by atoms with Gasteiger partial charge in [-0.05, 0) is 18.2 Å². The number of phenolic OH excluding ortho intramolecular Hbond substituents is 1. The van der Waals surface area contributed by atoms with Crippen LogP contribution >= 0.6 is 11.3 Å². The van der Waals surface area contributed by atoms with Crippen molar-refractivity contribution in [3.8, 4) is 17.0 Å². The zero-order chi connectivity index (χ0) is 12.8. The van der Waals surface area contributed by atoms with Crippen LogP contribution in [0.25, 0.3) is 26.4 Å². The molecule has 0 atom stereocenters. The second-order valence-electron chi connectivity index (χ2n) is 4.40. The topological polar surface area (TPSA) is 37.5 Å². The standard InChI is InChI=1S/C15H10N2OS/c18-11-6-7-13-14(8-11)19-15-16-12(9-17(13)15)10-4-2-1-3-5-10/h1-9,18H. The lowest BCUT2D eigenvalue weighted by molar-refractivity contribution is 0.476. The second kappa shape index (κ2) is 3.83. The van der Waals surface area contributed by atoms with E-state index in [1.165, 1.54) is 0 Å². The lowest BCUT2D eigenvalue weighted by Gasteiger charge is -1.94. The predicted octanol–water partition coefficient (Wildman–Crippen LogP) is 3.92. The SMILES string of the molecule is Oc1ccc2c(c1)sc1nc(-c3ccccc3)cn12. The fraction of sp³-hybridized carbons (Fsp3) is 0. The van der Waals surface area contributed by atoms with Crippen molar-refractivity contribution >= 4 is 26.5 Å². The average Bonchev–Trinajstić information content (AvgIpc) is 2.96. The number of nitrogens with zero attached hydrogens (tertiary/aromatic N) is 2. The van der Waals surface area contributed by atoms with Crippen LogP contribution in [0.5, 0.6) is 5.75 Å². The number of phenols is 1. The third kappa shape index (κ3) is 1.61. The third-order valence-electron chi connectivity index (χ3n) is 3.15. The molecule has 2 aromatic carbocycles. The molecular weight excluding hydrogens is 256 g/mol. The number of hydrogen-bond donors (Lipinski definition) is 1. The van der Waals surface area contributed by atoms with Gasteiger partial charge in [0, 0.05) is 11.8 Å². The van der Waals surface area contributed by atoms with Crippen LogP contribution in [0, 0.1) is 0 Å². The third-order valence-corrected chi connectivity index (χ3v) is 4.16. The van der Waals surface area contributed by atoms with Gasteiger partial charge in [-0.1, -0.05) is 41.7 Å². The van der Waals surface area contributed by atoms with Crippen LogP contribution in [-0.4, -0.2) is 14.5 Å². The van der Waals surface area contributed by atoms with E-state index < -0.39 is 0 Å². The number of benzene rings is 2. The Hall–Kier alpha value is -2.33. The first-order valence-corrected chi connectivity index (χ1v) is 6.79. The summed E-state index contributed by atoms with van der Waals surface area (Å²) >= 11 is 1.58. The summed E-state index contributed by atoms with van der Waals surface area (Å²) in [5.74, 6) is 0.292. The summed E-state index contributed by atoms with van der Waals surface area (Å²) in [5, 5.41) is 9.50. The number of aromatic hydroxyl groups is 1. The molecule has 0 unspecified atom stereocenters. The Labute approximate surface area is 113 Å². The molecular formula is C15H10N2OS. The Bertz CT molecular complexity index is 877. The summed E-state index contributed by atoms with van der Waals surface area (Å²) in [7, 11) is 0. The number of imidazole rings is 1. The van der Waals surface area contributed by atoms with E-state index in [0.29, 0.717) is 5.75 Å². The molecule has 4 rings (SSSR count). The fourth-order valence-corrected chi connectivity index (χ4v) is 3.28. The van der Waals surface area contributed by atoms with Crippen LogP contribution in [0.1, 0.15) is 0 Å². The van der Waals surface area contributed by atoms with Crippen molar-refractivity contribution in [2.45, 2.75) is 0 Å². The maximum atomic E-state index is 9.50. The largest absolute Gasteiger partial charge is 0.508 e. The number of rotatable bonds is 1. The van der Waals surface area contributed by atoms with Gasteiger partial charge in [-0.2, -0.15) is 0 Å². The minimum atomic E-state index is 0.292. The van der Waals surface area contributed by atoms with Gasteiger partial charge in [-0.3, -0.25) is 4.40 Å². The smallest absolute Gasteiger partial charge is 0.195 e. The van der Waals surface area contributed by atoms with Gasteiger partial charge >= 0.3 is 0 Å². The van der Waals surface area contributed by atoms with Gasteiger partial charge in [-0.15, -0.1) is 0 Å². The molecule has 4 heteroatoms. The molecule has 0 aliphatic rings. The zero-order valence-corrected chi connectivity index (χ0v) is 10.8. The number of thiazole rings is 1. The monoisotopic (exact) mass is 266 g/mol. The fourth-order valence-electron chi connectivity index (χ4n) is 2.24. The second-order valence-corrected chi connectivity index (χ2v) is 5.41. The summed E-state index contributed by atoms with van der Waals surface area (Å²) < 4.78 is 3.11. The molecule has 0 saturated heterocycles. The molecule has 0 bridgehead atoms. The molecule has 0 fully saturated rings. The van der Waals surface area contributed by atoms with Gasteiger partial charge in [-0.25, -0.2) is 4.98 Å². The van der Waals surface area contributed by atoms with E-state index in [9.17, 15) is 5.11 Å². The van der Waals surface area contributed by atoms with E-state index in [-0.39, 0.29) is 0 Å². The minimum Gasteiger partial charge on any atom is -0.508 e. The van der Waals surface area contributed by atoms with E-state index in [1.54, 1.807) is 23.5 Å². The highest BCUT2D eigenvalue weighted by Crippen LogP contribution is 2.31. The van der Waals surface area contributed by atoms with Gasteiger partial charge < -0.3 is 5.11 Å². The van der Waals surface area contributed by atoms with E-state index in [0.717, 1.165) is 26.4 Å². The van der Waals surface area contributed by atoms with Crippen molar-refractivity contribution in [1.82, 2.24) is 9.38 Å². The zero-order valence-electron chi connectivity index (χ0n) is 9.95. The van der Waals surface area contributed by atoms with E-state index in [4.69, 9.17) is 0 Å². The first kappa shape index (κ1) is 10.6. The summed E-state index contributed by atoms with van der Waals surface area (Å²) in [5.41, 5.74) is 3.17. The van der Waals surface area contributed by atoms with Crippen LogP contribution in [0.2, 0.25) is 0 Å². The highest BCUT2D eigenvalue weighted by atomic mass is 32.1. The predicted molar refractivity (Wildman–Crippen MR) is 77.7 cm³/mol. The Kier molecular flexibility index (Phi) is 2.13. The van der Waals surface area contributed by atoms with Crippen LogP contribution < -0.4 is 0 Å². The molecule has 0 radical (unpaired) electrons. The van der Waals surface area contributed by atoms with Crippen LogP contribution in [0.4, 0.5) is 0 Å². The first-order chi connectivity index (χ1) is 9.31. The molecule has 92 valence electrons. The van der Waals surface area contributed by atoms with Gasteiger partial charge in [0.15, 0.2) is 4.96 Å². The first-order valence-electron chi connectivity index (χ1n) is 5.97. The van der Waals surface area contributed by atoms with E-state index >= 15 is 0 Å². The molecule has 0 aliphatic carbocycles. The molecule has 3 nitrogen and oxygen atoms in total. The Morgan fingerprint density at radius 1 is 1.05 bits per heavy atom. The van der Waals surface area contributed by atoms with Gasteiger partial charge in [0.25, 0.3) is 0 Å². The number of fused-ring (bicyclic) bond motifs is 3. The molecule has 19 heavy (non-hydrogen) atoms. The molecule has 0 spiro atoms. The summed E-state index contributed by atoms with van der Waals surface area (Å²) in [4.78, 5) is 5.59. The van der Waals surface area contributed by atoms with Crippen molar-refractivity contribution in [1.29, 1.82) is 0 Å². The quantitative estimate of drug-likeness (QED) is 0.567. The molecule has 4 aromatic rings. The van der Waals surface area contributed by atoms with Crippen molar-refractivity contribution in [3.05, 3.63) is 54.7 Å². The summed E-state index contributed by atoms with van der Waals surface area (Å²) in [6.45, 7) is 0. The van der Waals surface area contributed by atoms with E-state index in [2.05, 4.69) is 21.5 Å². The highest BCUT2D eigenvalue weighted by molar-refractivity contribution is 7.23. The average molecular weight is 266 g/mol. The molecule has 0 amide bonds. The Morgan fingerprint density at radius 2 is 1.89 bits per heavy atom. The Morgan fingerprint density at radius 3 is 2.74 bits per heavy atom. The number of hydrogen-bond acceptors (Lipinski definition) is 3. The summed E-state index contributed by atoms with van der Waals surface area (Å²) in [6.07, 6.45) is 2.04. The van der Waals surface area contributed by atoms with E-state index in [1.807, 2.05) is 30.5 Å². The molecule has 1 N–H and O–H groups in total. The summed E-state index contributed by atoms with van der Waals surface area (Å²) in [6, 6.07) is 15.5. The molecule has 2 heterocycles. The van der Waals surface area contributed by atoms with Crippen LogP contribution in [-0.2, 0) is 0 Å². The Balaban J connectivity index is 1.98. The molecule has 2 aromatic heterocycles. The molecule has 0 saturated carbocycles. The normalized spacial score (nSPS) is 11.4. The van der Waals surface area contributed by atoms with Crippen molar-refractivity contribution < 1.29 is 5.11 Å². The van der Waals surface area contributed by atoms with Gasteiger partial charge in [0.05, 0.1) is 15.9 Å². The van der Waals surface area contributed by atoms with Crippen molar-refractivity contribution in [2.24, 2.45) is 0 Å².